The molecule has 1 heterocycles. The number of rotatable bonds is 4. The molecule has 0 spiro atoms. The second-order valence-corrected chi connectivity index (χ2v) is 5.84. The van der Waals surface area contributed by atoms with Gasteiger partial charge >= 0.3 is 5.91 Å². The van der Waals surface area contributed by atoms with E-state index in [2.05, 4.69) is 26.5 Å². The van der Waals surface area contributed by atoms with Crippen molar-refractivity contribution in [2.75, 3.05) is 7.11 Å². The number of nitrogens with one attached hydrogen (secondary N) is 1. The van der Waals surface area contributed by atoms with Gasteiger partial charge in [0.15, 0.2) is 17.3 Å². The van der Waals surface area contributed by atoms with Crippen LogP contribution in [0.4, 0.5) is 0 Å². The van der Waals surface area contributed by atoms with Crippen LogP contribution in [0.25, 0.3) is 11.0 Å². The Morgan fingerprint density at radius 2 is 2.12 bits per heavy atom. The van der Waals surface area contributed by atoms with Crippen LogP contribution < -0.4 is 10.2 Å². The third-order valence-electron chi connectivity index (χ3n) is 3.28. The van der Waals surface area contributed by atoms with Gasteiger partial charge in [-0.1, -0.05) is 15.9 Å². The number of halogens is 1. The van der Waals surface area contributed by atoms with Gasteiger partial charge < -0.3 is 14.3 Å². The predicted molar refractivity (Wildman–Crippen MR) is 93.6 cm³/mol. The lowest BCUT2D eigenvalue weighted by molar-refractivity contribution is 0.0929. The second kappa shape index (κ2) is 6.76. The van der Waals surface area contributed by atoms with Crippen molar-refractivity contribution < 1.29 is 19.1 Å². The smallest absolute Gasteiger partial charge is 0.307 e. The molecule has 0 aliphatic rings. The van der Waals surface area contributed by atoms with Gasteiger partial charge in [-0.2, -0.15) is 5.10 Å². The number of aromatic hydroxyl groups is 1. The Kier molecular flexibility index (Phi) is 4.52. The molecule has 0 radical (unpaired) electrons. The lowest BCUT2D eigenvalue weighted by Gasteiger charge is -2.03. The molecule has 122 valence electrons. The maximum absolute atomic E-state index is 12.1. The SMILES string of the molecule is COc1ccc(/C=N/NC(=O)c2cc3cc(Br)ccc3o2)cc1O. The molecular weight excluding hydrogens is 376 g/mol. The van der Waals surface area contributed by atoms with E-state index in [0.29, 0.717) is 16.9 Å². The Balaban J connectivity index is 1.71. The van der Waals surface area contributed by atoms with E-state index in [1.54, 1.807) is 24.3 Å². The van der Waals surface area contributed by atoms with Gasteiger partial charge in [0.05, 0.1) is 13.3 Å². The van der Waals surface area contributed by atoms with Crippen molar-refractivity contribution in [3.63, 3.8) is 0 Å². The molecule has 0 saturated carbocycles. The highest BCUT2D eigenvalue weighted by molar-refractivity contribution is 9.10. The van der Waals surface area contributed by atoms with Crippen molar-refractivity contribution in [2.24, 2.45) is 5.10 Å². The van der Waals surface area contributed by atoms with E-state index in [0.717, 1.165) is 9.86 Å². The molecule has 0 aliphatic carbocycles. The minimum Gasteiger partial charge on any atom is -0.504 e. The van der Waals surface area contributed by atoms with Crippen molar-refractivity contribution in [2.45, 2.75) is 0 Å². The summed E-state index contributed by atoms with van der Waals surface area (Å²) in [6, 6.07) is 11.9. The van der Waals surface area contributed by atoms with Gasteiger partial charge in [-0.25, -0.2) is 5.43 Å². The number of benzene rings is 2. The lowest BCUT2D eigenvalue weighted by atomic mass is 10.2. The molecule has 0 saturated heterocycles. The molecule has 1 aromatic heterocycles. The van der Waals surface area contributed by atoms with Gasteiger partial charge in [0.2, 0.25) is 0 Å². The van der Waals surface area contributed by atoms with E-state index in [1.807, 2.05) is 12.1 Å². The van der Waals surface area contributed by atoms with E-state index >= 15 is 0 Å². The number of amides is 1. The van der Waals surface area contributed by atoms with Gasteiger partial charge in [0, 0.05) is 9.86 Å². The molecule has 7 heteroatoms. The molecule has 1 amide bonds. The van der Waals surface area contributed by atoms with E-state index in [-0.39, 0.29) is 11.5 Å². The molecule has 0 aliphatic heterocycles. The fourth-order valence-corrected chi connectivity index (χ4v) is 2.51. The molecule has 0 unspecified atom stereocenters. The van der Waals surface area contributed by atoms with E-state index < -0.39 is 5.91 Å². The van der Waals surface area contributed by atoms with Crippen LogP contribution in [-0.2, 0) is 0 Å². The van der Waals surface area contributed by atoms with Crippen molar-refractivity contribution in [3.05, 3.63) is 58.3 Å². The number of methoxy groups -OCH3 is 1. The summed E-state index contributed by atoms with van der Waals surface area (Å²) in [4.78, 5) is 12.1. The standard InChI is InChI=1S/C17H13BrN2O4/c1-23-15-4-2-10(6-13(15)21)9-19-20-17(22)16-8-11-7-12(18)3-5-14(11)24-16/h2-9,21H,1H3,(H,20,22)/b19-9+. The molecule has 24 heavy (non-hydrogen) atoms. The highest BCUT2D eigenvalue weighted by Gasteiger charge is 2.11. The highest BCUT2D eigenvalue weighted by Crippen LogP contribution is 2.25. The normalized spacial score (nSPS) is 11.1. The highest BCUT2D eigenvalue weighted by atomic mass is 79.9. The third-order valence-corrected chi connectivity index (χ3v) is 3.78. The monoisotopic (exact) mass is 388 g/mol. The first-order valence-corrected chi connectivity index (χ1v) is 7.75. The Bertz CT molecular complexity index is 933. The maximum atomic E-state index is 12.1. The van der Waals surface area contributed by atoms with Crippen LogP contribution in [0.2, 0.25) is 0 Å². The summed E-state index contributed by atoms with van der Waals surface area (Å²) in [5, 5.41) is 14.4. The summed E-state index contributed by atoms with van der Waals surface area (Å²) in [5.74, 6) is 0.0643. The van der Waals surface area contributed by atoms with Crippen LogP contribution in [0.1, 0.15) is 16.1 Å². The first kappa shape index (κ1) is 16.1. The Morgan fingerprint density at radius 3 is 2.88 bits per heavy atom. The van der Waals surface area contributed by atoms with Crippen molar-refractivity contribution in [3.8, 4) is 11.5 Å². The summed E-state index contributed by atoms with van der Waals surface area (Å²) >= 11 is 3.37. The quantitative estimate of drug-likeness (QED) is 0.527. The molecule has 0 fully saturated rings. The molecular formula is C17H13BrN2O4. The summed E-state index contributed by atoms with van der Waals surface area (Å²) in [7, 11) is 1.47. The van der Waals surface area contributed by atoms with Gasteiger partial charge in [0.25, 0.3) is 0 Å². The van der Waals surface area contributed by atoms with Gasteiger partial charge in [0.1, 0.15) is 5.58 Å². The average Bonchev–Trinajstić information content (AvgIpc) is 2.98. The Hall–Kier alpha value is -2.80. The fourth-order valence-electron chi connectivity index (χ4n) is 2.13. The maximum Gasteiger partial charge on any atom is 0.307 e. The van der Waals surface area contributed by atoms with Crippen LogP contribution in [0.3, 0.4) is 0 Å². The van der Waals surface area contributed by atoms with Gasteiger partial charge in [-0.3, -0.25) is 4.79 Å². The van der Waals surface area contributed by atoms with E-state index in [9.17, 15) is 9.90 Å². The summed E-state index contributed by atoms with van der Waals surface area (Å²) < 4.78 is 11.3. The molecule has 0 bridgehead atoms. The minimum absolute atomic E-state index is 0.00404. The van der Waals surface area contributed by atoms with Crippen LogP contribution in [0.15, 0.2) is 56.5 Å². The number of phenolic OH excluding ortho intramolecular Hbond substituents is 1. The third kappa shape index (κ3) is 3.41. The summed E-state index contributed by atoms with van der Waals surface area (Å²) in [5.41, 5.74) is 3.61. The second-order valence-electron chi connectivity index (χ2n) is 4.92. The van der Waals surface area contributed by atoms with Gasteiger partial charge in [-0.05, 0) is 48.0 Å². The predicted octanol–water partition coefficient (Wildman–Crippen LogP) is 3.67. The minimum atomic E-state index is -0.462. The number of hydrogen-bond acceptors (Lipinski definition) is 5. The zero-order valence-corrected chi connectivity index (χ0v) is 14.2. The lowest BCUT2D eigenvalue weighted by Crippen LogP contribution is -2.16. The molecule has 2 N–H and O–H groups in total. The number of hydrazone groups is 1. The number of carbonyl (C=O) groups excluding carboxylic acids is 1. The molecule has 6 nitrogen and oxygen atoms in total. The summed E-state index contributed by atoms with van der Waals surface area (Å²) in [6.07, 6.45) is 1.41. The zero-order chi connectivity index (χ0) is 17.1. The number of hydrogen-bond donors (Lipinski definition) is 2. The van der Waals surface area contributed by atoms with Crippen molar-refractivity contribution >= 4 is 39.0 Å². The Labute approximate surface area is 145 Å². The zero-order valence-electron chi connectivity index (χ0n) is 12.6. The van der Waals surface area contributed by atoms with E-state index in [1.165, 1.54) is 19.4 Å². The largest absolute Gasteiger partial charge is 0.504 e. The number of nitrogens with zero attached hydrogens (tertiary/aromatic N) is 1. The topological polar surface area (TPSA) is 84.1 Å². The summed E-state index contributed by atoms with van der Waals surface area (Å²) in [6.45, 7) is 0. The number of carbonyl (C=O) groups is 1. The van der Waals surface area contributed by atoms with Crippen LogP contribution in [0, 0.1) is 0 Å². The van der Waals surface area contributed by atoms with Crippen LogP contribution >= 0.6 is 15.9 Å². The van der Waals surface area contributed by atoms with Crippen LogP contribution in [0.5, 0.6) is 11.5 Å². The number of fused-ring (bicyclic) bond motifs is 1. The van der Waals surface area contributed by atoms with E-state index in [4.69, 9.17) is 9.15 Å². The van der Waals surface area contributed by atoms with Crippen molar-refractivity contribution in [1.82, 2.24) is 5.43 Å². The molecule has 0 atom stereocenters. The van der Waals surface area contributed by atoms with Crippen molar-refractivity contribution in [1.29, 1.82) is 0 Å². The molecule has 2 aromatic carbocycles. The first-order valence-electron chi connectivity index (χ1n) is 6.96. The van der Waals surface area contributed by atoms with Gasteiger partial charge in [-0.15, -0.1) is 0 Å². The molecule has 3 aromatic rings. The average molecular weight is 389 g/mol. The first-order chi connectivity index (χ1) is 11.6. The number of phenols is 1. The number of furan rings is 1. The number of ether oxygens (including phenoxy) is 1. The van der Waals surface area contributed by atoms with Crippen LogP contribution in [-0.4, -0.2) is 24.3 Å². The molecule has 3 rings (SSSR count). The fraction of sp³-hybridized carbons (Fsp3) is 0.0588. The Morgan fingerprint density at radius 1 is 1.29 bits per heavy atom.